The Morgan fingerprint density at radius 2 is 1.81 bits per heavy atom. The Labute approximate surface area is 137 Å². The second-order valence-electron chi connectivity index (χ2n) is 4.19. The smallest absolute Gasteiger partial charge is 0.337 e. The molecule has 7 heteroatoms. The Balaban J connectivity index is 2.33. The molecule has 4 N–H and O–H groups in total. The lowest BCUT2D eigenvalue weighted by Crippen LogP contribution is -2.15. The van der Waals surface area contributed by atoms with Crippen molar-refractivity contribution < 1.29 is 14.7 Å². The third kappa shape index (κ3) is 3.62. The van der Waals surface area contributed by atoms with Gasteiger partial charge in [-0.2, -0.15) is 0 Å². The first kappa shape index (κ1) is 15.5. The zero-order valence-corrected chi connectivity index (χ0v) is 13.7. The molecule has 0 atom stereocenters. The van der Waals surface area contributed by atoms with Gasteiger partial charge in [0.1, 0.15) is 0 Å². The number of amides is 1. The Morgan fingerprint density at radius 3 is 2.43 bits per heavy atom. The number of carbonyl (C=O) groups excluding carboxylic acids is 1. The zero-order valence-electron chi connectivity index (χ0n) is 10.6. The van der Waals surface area contributed by atoms with Crippen LogP contribution in [0.5, 0.6) is 0 Å². The van der Waals surface area contributed by atoms with Crippen molar-refractivity contribution in [3.63, 3.8) is 0 Å². The van der Waals surface area contributed by atoms with Crippen molar-refractivity contribution in [3.8, 4) is 0 Å². The minimum atomic E-state index is -1.12. The number of anilines is 2. The van der Waals surface area contributed by atoms with E-state index in [0.717, 1.165) is 0 Å². The van der Waals surface area contributed by atoms with Gasteiger partial charge in [0.2, 0.25) is 0 Å². The molecule has 2 aromatic rings. The molecule has 0 aliphatic rings. The average molecular weight is 414 g/mol. The number of rotatable bonds is 3. The van der Waals surface area contributed by atoms with Crippen LogP contribution in [-0.4, -0.2) is 17.0 Å². The lowest BCUT2D eigenvalue weighted by atomic mass is 10.1. The summed E-state index contributed by atoms with van der Waals surface area (Å²) in [5.41, 5.74) is 6.71. The topological polar surface area (TPSA) is 92.4 Å². The first-order valence-corrected chi connectivity index (χ1v) is 7.36. The molecule has 0 aliphatic heterocycles. The zero-order chi connectivity index (χ0) is 15.6. The monoisotopic (exact) mass is 412 g/mol. The van der Waals surface area contributed by atoms with Gasteiger partial charge in [-0.25, -0.2) is 4.79 Å². The Morgan fingerprint density at radius 1 is 1.10 bits per heavy atom. The number of nitrogens with one attached hydrogen (secondary N) is 1. The van der Waals surface area contributed by atoms with Gasteiger partial charge in [-0.3, -0.25) is 4.79 Å². The molecule has 2 rings (SSSR count). The molecule has 0 aromatic heterocycles. The molecule has 108 valence electrons. The van der Waals surface area contributed by atoms with Crippen molar-refractivity contribution in [3.05, 3.63) is 56.5 Å². The first-order chi connectivity index (χ1) is 9.88. The van der Waals surface area contributed by atoms with E-state index in [1.165, 1.54) is 18.2 Å². The number of nitrogen functional groups attached to an aromatic ring is 1. The number of aromatic carboxylic acids is 1. The number of carboxylic acid groups (broad SMARTS) is 1. The molecule has 0 spiro atoms. The summed E-state index contributed by atoms with van der Waals surface area (Å²) in [4.78, 5) is 23.3. The van der Waals surface area contributed by atoms with Crippen LogP contribution in [0.15, 0.2) is 45.3 Å². The lowest BCUT2D eigenvalue weighted by Gasteiger charge is -2.10. The maximum absolute atomic E-state index is 12.2. The van der Waals surface area contributed by atoms with Gasteiger partial charge in [0.25, 0.3) is 5.91 Å². The highest BCUT2D eigenvalue weighted by molar-refractivity contribution is 9.10. The molecule has 0 saturated carbocycles. The number of hydrogen-bond acceptors (Lipinski definition) is 3. The minimum Gasteiger partial charge on any atom is -0.478 e. The van der Waals surface area contributed by atoms with Crippen molar-refractivity contribution in [1.29, 1.82) is 0 Å². The first-order valence-electron chi connectivity index (χ1n) is 5.77. The van der Waals surface area contributed by atoms with E-state index in [0.29, 0.717) is 20.2 Å². The summed E-state index contributed by atoms with van der Waals surface area (Å²) in [5, 5.41) is 11.7. The fourth-order valence-corrected chi connectivity index (χ4v) is 2.29. The minimum absolute atomic E-state index is 0.0108. The predicted molar refractivity (Wildman–Crippen MR) is 87.6 cm³/mol. The average Bonchev–Trinajstić information content (AvgIpc) is 2.41. The van der Waals surface area contributed by atoms with Crippen molar-refractivity contribution in [2.45, 2.75) is 0 Å². The molecule has 2 aromatic carbocycles. The number of carbonyl (C=O) groups is 2. The second kappa shape index (κ2) is 6.28. The van der Waals surface area contributed by atoms with Gasteiger partial charge < -0.3 is 16.2 Å². The summed E-state index contributed by atoms with van der Waals surface area (Å²) < 4.78 is 1.35. The summed E-state index contributed by atoms with van der Waals surface area (Å²) in [5.74, 6) is -1.55. The van der Waals surface area contributed by atoms with Crippen molar-refractivity contribution in [2.24, 2.45) is 0 Å². The van der Waals surface area contributed by atoms with Crippen LogP contribution < -0.4 is 11.1 Å². The molecule has 21 heavy (non-hydrogen) atoms. The number of carboxylic acids is 1. The van der Waals surface area contributed by atoms with Gasteiger partial charge in [-0.05, 0) is 52.3 Å². The van der Waals surface area contributed by atoms with Crippen LogP contribution >= 0.6 is 31.9 Å². The molecular weight excluding hydrogens is 404 g/mol. The van der Waals surface area contributed by atoms with E-state index < -0.39 is 11.9 Å². The Hall–Kier alpha value is -1.86. The van der Waals surface area contributed by atoms with Gasteiger partial charge in [-0.1, -0.05) is 15.9 Å². The summed E-state index contributed by atoms with van der Waals surface area (Å²) >= 11 is 6.49. The van der Waals surface area contributed by atoms with Crippen LogP contribution in [0, 0.1) is 0 Å². The largest absolute Gasteiger partial charge is 0.478 e. The Bertz CT molecular complexity index is 732. The van der Waals surface area contributed by atoms with Crippen LogP contribution in [0.1, 0.15) is 20.7 Å². The summed E-state index contributed by atoms with van der Waals surface area (Å²) in [6.07, 6.45) is 0. The van der Waals surface area contributed by atoms with Crippen LogP contribution in [0.2, 0.25) is 0 Å². The molecule has 0 saturated heterocycles. The Kier molecular flexibility index (Phi) is 4.64. The van der Waals surface area contributed by atoms with Crippen molar-refractivity contribution in [1.82, 2.24) is 0 Å². The SMILES string of the molecule is Nc1cc(C(=O)Nc2cc(Br)ccc2C(=O)O)ccc1Br. The van der Waals surface area contributed by atoms with Gasteiger partial charge in [0.05, 0.1) is 11.3 Å². The van der Waals surface area contributed by atoms with Crippen LogP contribution in [0.25, 0.3) is 0 Å². The number of nitrogens with two attached hydrogens (primary N) is 1. The van der Waals surface area contributed by atoms with E-state index in [1.54, 1.807) is 18.2 Å². The van der Waals surface area contributed by atoms with E-state index >= 15 is 0 Å². The number of halogens is 2. The predicted octanol–water partition coefficient (Wildman–Crippen LogP) is 3.74. The fourth-order valence-electron chi connectivity index (χ4n) is 1.69. The second-order valence-corrected chi connectivity index (χ2v) is 5.96. The molecule has 0 heterocycles. The lowest BCUT2D eigenvalue weighted by molar-refractivity contribution is 0.0698. The fraction of sp³-hybridized carbons (Fsp3) is 0. The van der Waals surface area contributed by atoms with E-state index in [2.05, 4.69) is 37.2 Å². The van der Waals surface area contributed by atoms with E-state index in [4.69, 9.17) is 10.8 Å². The van der Waals surface area contributed by atoms with Gasteiger partial charge in [0, 0.05) is 20.2 Å². The molecule has 1 amide bonds. The van der Waals surface area contributed by atoms with E-state index in [1.807, 2.05) is 0 Å². The molecule has 0 radical (unpaired) electrons. The third-order valence-corrected chi connectivity index (χ3v) is 3.93. The van der Waals surface area contributed by atoms with Crippen LogP contribution in [0.4, 0.5) is 11.4 Å². The number of benzene rings is 2. The highest BCUT2D eigenvalue weighted by Crippen LogP contribution is 2.24. The standard InChI is InChI=1S/C14H10Br2N2O3/c15-8-2-3-9(14(20)21)12(6-8)18-13(19)7-1-4-10(16)11(17)5-7/h1-6H,17H2,(H,18,19)(H,20,21). The molecular formula is C14H10Br2N2O3. The van der Waals surface area contributed by atoms with E-state index in [9.17, 15) is 9.59 Å². The highest BCUT2D eigenvalue weighted by Gasteiger charge is 2.14. The van der Waals surface area contributed by atoms with Crippen molar-refractivity contribution in [2.75, 3.05) is 11.1 Å². The summed E-state index contributed by atoms with van der Waals surface area (Å²) in [7, 11) is 0. The normalized spacial score (nSPS) is 10.2. The summed E-state index contributed by atoms with van der Waals surface area (Å²) in [6, 6.07) is 9.30. The molecule has 0 unspecified atom stereocenters. The van der Waals surface area contributed by atoms with Crippen LogP contribution in [0.3, 0.4) is 0 Å². The number of hydrogen-bond donors (Lipinski definition) is 3. The molecule has 0 fully saturated rings. The van der Waals surface area contributed by atoms with Crippen molar-refractivity contribution >= 4 is 55.1 Å². The maximum atomic E-state index is 12.2. The molecule has 5 nitrogen and oxygen atoms in total. The highest BCUT2D eigenvalue weighted by atomic mass is 79.9. The summed E-state index contributed by atoms with van der Waals surface area (Å²) in [6.45, 7) is 0. The van der Waals surface area contributed by atoms with Crippen LogP contribution in [-0.2, 0) is 0 Å². The molecule has 0 bridgehead atoms. The van der Waals surface area contributed by atoms with Gasteiger partial charge in [-0.15, -0.1) is 0 Å². The van der Waals surface area contributed by atoms with Gasteiger partial charge >= 0.3 is 5.97 Å². The molecule has 0 aliphatic carbocycles. The third-order valence-electron chi connectivity index (χ3n) is 2.72. The van der Waals surface area contributed by atoms with Gasteiger partial charge in [0.15, 0.2) is 0 Å². The van der Waals surface area contributed by atoms with E-state index in [-0.39, 0.29) is 11.3 Å². The maximum Gasteiger partial charge on any atom is 0.337 e. The quantitative estimate of drug-likeness (QED) is 0.668.